The quantitative estimate of drug-likeness (QED) is 0.0624. The molecule has 9 rings (SSSR count). The third kappa shape index (κ3) is 12.5. The van der Waals surface area contributed by atoms with Gasteiger partial charge in [-0.05, 0) is 103 Å². The van der Waals surface area contributed by atoms with Crippen molar-refractivity contribution in [1.29, 1.82) is 0 Å². The molecule has 0 aliphatic carbocycles. The molecule has 0 bridgehead atoms. The van der Waals surface area contributed by atoms with Crippen molar-refractivity contribution in [2.75, 3.05) is 19.8 Å². The summed E-state index contributed by atoms with van der Waals surface area (Å²) in [6, 6.07) is 48.7. The van der Waals surface area contributed by atoms with Crippen molar-refractivity contribution in [2.45, 2.75) is 105 Å². The second-order valence-corrected chi connectivity index (χ2v) is 20.1. The predicted molar refractivity (Wildman–Crippen MR) is 303 cm³/mol. The zero-order chi connectivity index (χ0) is 53.8. The maximum atomic E-state index is 11.6. The SMILES string of the molecule is CC(C)(c1ccccc1)c1cc(-n2nc3ccccc3n2)c(O)c(C(C)(C)c2ccccc2)c1.CCCCOc1ccc(-c2nc(-c3ccc(C)cc3O)nc(-c3ccc(OCCCC)cc3OCCCC)n2)c(O)c1. The van der Waals surface area contributed by atoms with Gasteiger partial charge < -0.3 is 29.5 Å². The van der Waals surface area contributed by atoms with Gasteiger partial charge in [-0.2, -0.15) is 0 Å². The maximum absolute atomic E-state index is 11.6. The van der Waals surface area contributed by atoms with E-state index in [2.05, 4.69) is 106 Å². The van der Waals surface area contributed by atoms with Crippen LogP contribution < -0.4 is 14.2 Å². The summed E-state index contributed by atoms with van der Waals surface area (Å²) >= 11 is 0. The van der Waals surface area contributed by atoms with Crippen molar-refractivity contribution in [2.24, 2.45) is 0 Å². The van der Waals surface area contributed by atoms with E-state index in [0.29, 0.717) is 65.3 Å². The molecule has 0 saturated heterocycles. The van der Waals surface area contributed by atoms with Gasteiger partial charge in [-0.1, -0.05) is 153 Å². The Morgan fingerprint density at radius 3 is 1.45 bits per heavy atom. The first-order chi connectivity index (χ1) is 36.7. The molecule has 0 saturated carbocycles. The number of benzene rings is 7. The first-order valence-corrected chi connectivity index (χ1v) is 26.5. The third-order valence-corrected chi connectivity index (χ3v) is 13.7. The molecule has 0 spiro atoms. The largest absolute Gasteiger partial charge is 0.507 e. The lowest BCUT2D eigenvalue weighted by Crippen LogP contribution is -2.24. The summed E-state index contributed by atoms with van der Waals surface area (Å²) in [7, 11) is 0. The Labute approximate surface area is 447 Å². The molecule has 7 aromatic carbocycles. The number of phenolic OH excluding ortho intramolecular Hbond substituents is 3. The predicted octanol–water partition coefficient (Wildman–Crippen LogP) is 14.9. The van der Waals surface area contributed by atoms with Crippen LogP contribution in [-0.2, 0) is 10.8 Å². The lowest BCUT2D eigenvalue weighted by molar-refractivity contribution is 0.295. The molecule has 2 heterocycles. The molecule has 0 atom stereocenters. The second-order valence-electron chi connectivity index (χ2n) is 20.1. The number of aromatic nitrogens is 6. The molecule has 0 aliphatic heterocycles. The minimum absolute atomic E-state index is 0.0145. The summed E-state index contributed by atoms with van der Waals surface area (Å²) in [5.41, 5.74) is 8.14. The van der Waals surface area contributed by atoms with Crippen LogP contribution in [0.15, 0.2) is 152 Å². The van der Waals surface area contributed by atoms with E-state index in [0.717, 1.165) is 71.8 Å². The Kier molecular flexibility index (Phi) is 17.3. The molecule has 3 N–H and O–H groups in total. The van der Waals surface area contributed by atoms with E-state index >= 15 is 0 Å². The zero-order valence-electron chi connectivity index (χ0n) is 45.0. The molecule has 12 heteroatoms. The Bertz CT molecular complexity index is 3340. The topological polar surface area (TPSA) is 158 Å². The summed E-state index contributed by atoms with van der Waals surface area (Å²) in [5.74, 6) is 3.00. The number of aromatic hydroxyl groups is 3. The fourth-order valence-electron chi connectivity index (χ4n) is 8.86. The van der Waals surface area contributed by atoms with Crippen LogP contribution in [0.1, 0.15) is 115 Å². The normalized spacial score (nSPS) is 11.5. The van der Waals surface area contributed by atoms with Crippen LogP contribution in [0.4, 0.5) is 0 Å². The van der Waals surface area contributed by atoms with Crippen LogP contribution in [0.2, 0.25) is 0 Å². The van der Waals surface area contributed by atoms with Gasteiger partial charge in [-0.15, -0.1) is 15.0 Å². The summed E-state index contributed by atoms with van der Waals surface area (Å²) in [6.07, 6.45) is 5.83. The molecule has 2 aromatic heterocycles. The van der Waals surface area contributed by atoms with E-state index in [1.54, 1.807) is 35.1 Å². The monoisotopic (exact) mass is 1020 g/mol. The van der Waals surface area contributed by atoms with E-state index in [1.165, 1.54) is 5.56 Å². The maximum Gasteiger partial charge on any atom is 0.167 e. The minimum Gasteiger partial charge on any atom is -0.507 e. The highest BCUT2D eigenvalue weighted by Crippen LogP contribution is 2.44. The van der Waals surface area contributed by atoms with E-state index in [-0.39, 0.29) is 34.3 Å². The van der Waals surface area contributed by atoms with Gasteiger partial charge in [-0.3, -0.25) is 0 Å². The lowest BCUT2D eigenvalue weighted by Gasteiger charge is -2.32. The molecule has 0 unspecified atom stereocenters. The van der Waals surface area contributed by atoms with Crippen LogP contribution in [0.3, 0.4) is 0 Å². The number of ether oxygens (including phenoxy) is 3. The number of rotatable bonds is 20. The first kappa shape index (κ1) is 54.0. The van der Waals surface area contributed by atoms with Crippen molar-refractivity contribution >= 4 is 11.0 Å². The fourth-order valence-corrected chi connectivity index (χ4v) is 8.86. The number of aryl methyl sites for hydroxylation is 1. The van der Waals surface area contributed by atoms with Gasteiger partial charge in [0.05, 0.1) is 36.5 Å². The number of hydrogen-bond donors (Lipinski definition) is 3. The molecule has 0 radical (unpaired) electrons. The molecular formula is C64H70N6O6. The second kappa shape index (κ2) is 24.4. The van der Waals surface area contributed by atoms with Gasteiger partial charge in [0.2, 0.25) is 0 Å². The molecule has 0 aliphatic rings. The van der Waals surface area contributed by atoms with Gasteiger partial charge >= 0.3 is 0 Å². The number of phenols is 3. The Balaban J connectivity index is 0.000000205. The van der Waals surface area contributed by atoms with Crippen LogP contribution in [-0.4, -0.2) is 65.1 Å². The third-order valence-electron chi connectivity index (χ3n) is 13.7. The van der Waals surface area contributed by atoms with Gasteiger partial charge in [0.25, 0.3) is 0 Å². The highest BCUT2D eigenvalue weighted by Gasteiger charge is 2.33. The van der Waals surface area contributed by atoms with Crippen LogP contribution in [0.25, 0.3) is 50.9 Å². The Hall–Kier alpha value is -8.25. The van der Waals surface area contributed by atoms with E-state index in [1.807, 2.05) is 85.8 Å². The summed E-state index contributed by atoms with van der Waals surface area (Å²) in [4.78, 5) is 15.8. The van der Waals surface area contributed by atoms with Gasteiger partial charge in [-0.25, -0.2) is 15.0 Å². The standard InChI is InChI=1S/C34H41N3O5.C30H29N3O/c1-5-8-17-40-24-12-15-27(30(39)21-24)33-35-32(26-14-11-23(4)20-29(26)38)36-34(37-33)28-16-13-25(41-18-9-6-2)22-31(28)42-19-10-7-3;1-29(2,21-13-7-5-8-14-21)23-19-24(30(3,4)22-15-9-6-10-16-22)28(34)27(20-23)33-31-25-17-11-12-18-26(25)32-33/h11-16,20-22,38-39H,5-10,17-19H2,1-4H3;5-20,34H,1-4H3. The van der Waals surface area contributed by atoms with Gasteiger partial charge in [0.15, 0.2) is 17.5 Å². The fraction of sp³-hybridized carbons (Fsp3) is 0.297. The van der Waals surface area contributed by atoms with Gasteiger partial charge in [0.1, 0.15) is 51.2 Å². The molecule has 76 heavy (non-hydrogen) atoms. The van der Waals surface area contributed by atoms with Crippen molar-refractivity contribution in [1.82, 2.24) is 29.9 Å². The van der Waals surface area contributed by atoms with Crippen molar-refractivity contribution in [3.8, 4) is 74.3 Å². The van der Waals surface area contributed by atoms with E-state index in [4.69, 9.17) is 24.2 Å². The molecule has 9 aromatic rings. The molecular weight excluding hydrogens is 949 g/mol. The van der Waals surface area contributed by atoms with E-state index in [9.17, 15) is 15.3 Å². The Morgan fingerprint density at radius 2 is 0.921 bits per heavy atom. The molecule has 0 amide bonds. The average molecular weight is 1020 g/mol. The minimum atomic E-state index is -0.435. The molecule has 0 fully saturated rings. The number of hydrogen-bond acceptors (Lipinski definition) is 11. The average Bonchev–Trinajstić information content (AvgIpc) is 3.88. The van der Waals surface area contributed by atoms with Crippen molar-refractivity contribution in [3.63, 3.8) is 0 Å². The van der Waals surface area contributed by atoms with E-state index < -0.39 is 5.41 Å². The van der Waals surface area contributed by atoms with Crippen LogP contribution >= 0.6 is 0 Å². The number of nitrogens with zero attached hydrogens (tertiary/aromatic N) is 6. The van der Waals surface area contributed by atoms with Crippen LogP contribution in [0, 0.1) is 6.92 Å². The molecule has 12 nitrogen and oxygen atoms in total. The zero-order valence-corrected chi connectivity index (χ0v) is 45.0. The summed E-state index contributed by atoms with van der Waals surface area (Å²) in [5, 5.41) is 42.8. The lowest BCUT2D eigenvalue weighted by atomic mass is 9.72. The highest BCUT2D eigenvalue weighted by atomic mass is 16.5. The van der Waals surface area contributed by atoms with Crippen molar-refractivity contribution in [3.05, 3.63) is 179 Å². The molecule has 392 valence electrons. The number of fused-ring (bicyclic) bond motifs is 1. The first-order valence-electron chi connectivity index (χ1n) is 26.5. The highest BCUT2D eigenvalue weighted by molar-refractivity contribution is 5.76. The van der Waals surface area contributed by atoms with Crippen molar-refractivity contribution < 1.29 is 29.5 Å². The summed E-state index contributed by atoms with van der Waals surface area (Å²) in [6.45, 7) is 18.7. The summed E-state index contributed by atoms with van der Waals surface area (Å²) < 4.78 is 17.9. The van der Waals surface area contributed by atoms with Crippen LogP contribution in [0.5, 0.6) is 34.5 Å². The Morgan fingerprint density at radius 1 is 0.461 bits per heavy atom. The van der Waals surface area contributed by atoms with Gasteiger partial charge in [0, 0.05) is 28.5 Å². The number of unbranched alkanes of at least 4 members (excludes halogenated alkanes) is 3. The smallest absolute Gasteiger partial charge is 0.167 e.